The number of amides is 1. The predicted octanol–water partition coefficient (Wildman–Crippen LogP) is 4.61. The van der Waals surface area contributed by atoms with E-state index in [0.29, 0.717) is 16.3 Å². The normalized spacial score (nSPS) is 11.2. The SMILES string of the molecule is O=C(Nc1ccc(S(=O)(=O)Cc2ccccc2Cl)cc1)c1cccc(Cl)n1. The number of hydrogen-bond acceptors (Lipinski definition) is 4. The topological polar surface area (TPSA) is 76.1 Å². The quantitative estimate of drug-likeness (QED) is 0.611. The Hall–Kier alpha value is -2.41. The summed E-state index contributed by atoms with van der Waals surface area (Å²) >= 11 is 11.8. The van der Waals surface area contributed by atoms with E-state index in [0.717, 1.165) is 0 Å². The lowest BCUT2D eigenvalue weighted by Crippen LogP contribution is -2.13. The number of nitrogens with one attached hydrogen (secondary N) is 1. The highest BCUT2D eigenvalue weighted by atomic mass is 35.5. The summed E-state index contributed by atoms with van der Waals surface area (Å²) in [6.45, 7) is 0. The molecule has 27 heavy (non-hydrogen) atoms. The molecule has 2 aromatic carbocycles. The monoisotopic (exact) mass is 420 g/mol. The molecule has 0 saturated heterocycles. The van der Waals surface area contributed by atoms with Gasteiger partial charge in [-0.1, -0.05) is 47.5 Å². The molecule has 0 spiro atoms. The molecule has 0 radical (unpaired) electrons. The van der Waals surface area contributed by atoms with E-state index in [1.54, 1.807) is 36.4 Å². The first kappa shape index (κ1) is 19.4. The van der Waals surface area contributed by atoms with Gasteiger partial charge in [0.15, 0.2) is 9.84 Å². The zero-order chi connectivity index (χ0) is 19.4. The highest BCUT2D eigenvalue weighted by Crippen LogP contribution is 2.23. The molecule has 1 heterocycles. The molecule has 0 aliphatic heterocycles. The van der Waals surface area contributed by atoms with Gasteiger partial charge in [0, 0.05) is 10.7 Å². The molecule has 0 unspecified atom stereocenters. The van der Waals surface area contributed by atoms with Crippen molar-refractivity contribution in [3.63, 3.8) is 0 Å². The molecule has 3 aromatic rings. The Kier molecular flexibility index (Phi) is 5.79. The first-order valence-electron chi connectivity index (χ1n) is 7.85. The molecular weight excluding hydrogens is 407 g/mol. The number of benzene rings is 2. The third kappa shape index (κ3) is 4.86. The number of aromatic nitrogens is 1. The van der Waals surface area contributed by atoms with E-state index in [-0.39, 0.29) is 21.5 Å². The van der Waals surface area contributed by atoms with Crippen LogP contribution < -0.4 is 5.32 Å². The minimum atomic E-state index is -3.57. The molecule has 8 heteroatoms. The largest absolute Gasteiger partial charge is 0.321 e. The smallest absolute Gasteiger partial charge is 0.274 e. The van der Waals surface area contributed by atoms with Crippen molar-refractivity contribution in [3.05, 3.63) is 88.2 Å². The summed E-state index contributed by atoms with van der Waals surface area (Å²) in [5.74, 6) is -0.644. The van der Waals surface area contributed by atoms with Crippen LogP contribution in [0.15, 0.2) is 71.6 Å². The van der Waals surface area contributed by atoms with Crippen molar-refractivity contribution >= 4 is 44.6 Å². The number of nitrogens with zero attached hydrogens (tertiary/aromatic N) is 1. The van der Waals surface area contributed by atoms with Crippen molar-refractivity contribution in [2.45, 2.75) is 10.6 Å². The Labute approximate surface area is 166 Å². The van der Waals surface area contributed by atoms with Crippen molar-refractivity contribution in [2.24, 2.45) is 0 Å². The molecule has 5 nitrogen and oxygen atoms in total. The molecule has 138 valence electrons. The van der Waals surface area contributed by atoms with Crippen molar-refractivity contribution in [2.75, 3.05) is 5.32 Å². The van der Waals surface area contributed by atoms with Gasteiger partial charge >= 0.3 is 0 Å². The van der Waals surface area contributed by atoms with Gasteiger partial charge in [0.1, 0.15) is 10.8 Å². The molecule has 0 fully saturated rings. The summed E-state index contributed by atoms with van der Waals surface area (Å²) in [4.78, 5) is 16.2. The van der Waals surface area contributed by atoms with Crippen molar-refractivity contribution < 1.29 is 13.2 Å². The van der Waals surface area contributed by atoms with E-state index in [1.807, 2.05) is 0 Å². The Morgan fingerprint density at radius 2 is 1.63 bits per heavy atom. The highest BCUT2D eigenvalue weighted by Gasteiger charge is 2.17. The third-order valence-corrected chi connectivity index (χ3v) is 5.98. The molecule has 0 atom stereocenters. The zero-order valence-electron chi connectivity index (χ0n) is 13.9. The van der Waals surface area contributed by atoms with Crippen LogP contribution in [0.4, 0.5) is 5.69 Å². The second-order valence-electron chi connectivity index (χ2n) is 5.67. The van der Waals surface area contributed by atoms with Crippen LogP contribution in [0.25, 0.3) is 0 Å². The average molecular weight is 421 g/mol. The van der Waals surface area contributed by atoms with Crippen LogP contribution in [0.3, 0.4) is 0 Å². The van der Waals surface area contributed by atoms with Crippen LogP contribution in [0.2, 0.25) is 10.2 Å². The molecule has 0 saturated carbocycles. The van der Waals surface area contributed by atoms with Gasteiger partial charge in [0.25, 0.3) is 5.91 Å². The minimum absolute atomic E-state index is 0.140. The van der Waals surface area contributed by atoms with Gasteiger partial charge in [0.05, 0.1) is 10.6 Å². The maximum absolute atomic E-state index is 12.6. The summed E-state index contributed by atoms with van der Waals surface area (Å²) in [5, 5.41) is 3.26. The summed E-state index contributed by atoms with van der Waals surface area (Å²) in [7, 11) is -3.57. The van der Waals surface area contributed by atoms with Gasteiger partial charge in [-0.05, 0) is 48.0 Å². The number of carbonyl (C=O) groups excluding carboxylic acids is 1. The Morgan fingerprint density at radius 3 is 2.30 bits per heavy atom. The van der Waals surface area contributed by atoms with E-state index in [1.165, 1.54) is 30.3 Å². The first-order valence-corrected chi connectivity index (χ1v) is 10.3. The minimum Gasteiger partial charge on any atom is -0.321 e. The summed E-state index contributed by atoms with van der Waals surface area (Å²) in [6.07, 6.45) is 0. The second kappa shape index (κ2) is 8.08. The van der Waals surface area contributed by atoms with E-state index in [9.17, 15) is 13.2 Å². The predicted molar refractivity (Wildman–Crippen MR) is 106 cm³/mol. The van der Waals surface area contributed by atoms with Crippen LogP contribution in [0, 0.1) is 0 Å². The van der Waals surface area contributed by atoms with E-state index in [4.69, 9.17) is 23.2 Å². The summed E-state index contributed by atoms with van der Waals surface area (Å²) in [6, 6.07) is 17.4. The summed E-state index contributed by atoms with van der Waals surface area (Å²) < 4.78 is 25.2. The lowest BCUT2D eigenvalue weighted by atomic mass is 10.2. The zero-order valence-corrected chi connectivity index (χ0v) is 16.2. The number of sulfone groups is 1. The molecule has 0 aliphatic carbocycles. The van der Waals surface area contributed by atoms with Crippen LogP contribution in [-0.4, -0.2) is 19.3 Å². The number of carbonyl (C=O) groups is 1. The van der Waals surface area contributed by atoms with Crippen LogP contribution >= 0.6 is 23.2 Å². The molecule has 1 aromatic heterocycles. The average Bonchev–Trinajstić information content (AvgIpc) is 2.64. The van der Waals surface area contributed by atoms with Gasteiger partial charge in [-0.15, -0.1) is 0 Å². The number of anilines is 1. The third-order valence-electron chi connectivity index (χ3n) is 3.72. The van der Waals surface area contributed by atoms with Crippen LogP contribution in [0.5, 0.6) is 0 Å². The molecule has 1 N–H and O–H groups in total. The van der Waals surface area contributed by atoms with Crippen molar-refractivity contribution in [1.29, 1.82) is 0 Å². The Bertz CT molecular complexity index is 1080. The van der Waals surface area contributed by atoms with Gasteiger partial charge in [0.2, 0.25) is 0 Å². The van der Waals surface area contributed by atoms with E-state index in [2.05, 4.69) is 10.3 Å². The number of halogens is 2. The van der Waals surface area contributed by atoms with Crippen molar-refractivity contribution in [3.8, 4) is 0 Å². The fraction of sp³-hybridized carbons (Fsp3) is 0.0526. The van der Waals surface area contributed by atoms with Crippen LogP contribution in [-0.2, 0) is 15.6 Å². The molecule has 3 rings (SSSR count). The maximum Gasteiger partial charge on any atom is 0.274 e. The van der Waals surface area contributed by atoms with Crippen LogP contribution in [0.1, 0.15) is 16.1 Å². The summed E-state index contributed by atoms with van der Waals surface area (Å²) in [5.41, 5.74) is 1.14. The van der Waals surface area contributed by atoms with E-state index >= 15 is 0 Å². The Morgan fingerprint density at radius 1 is 0.926 bits per heavy atom. The lowest BCUT2D eigenvalue weighted by molar-refractivity contribution is 0.102. The lowest BCUT2D eigenvalue weighted by Gasteiger charge is -2.08. The molecule has 0 bridgehead atoms. The molecular formula is C19H14Cl2N2O3S. The number of rotatable bonds is 5. The highest BCUT2D eigenvalue weighted by molar-refractivity contribution is 7.90. The van der Waals surface area contributed by atoms with E-state index < -0.39 is 15.7 Å². The van der Waals surface area contributed by atoms with Gasteiger partial charge < -0.3 is 5.32 Å². The maximum atomic E-state index is 12.6. The first-order chi connectivity index (χ1) is 12.8. The second-order valence-corrected chi connectivity index (χ2v) is 8.46. The number of pyridine rings is 1. The molecule has 0 aliphatic rings. The number of hydrogen-bond donors (Lipinski definition) is 1. The fourth-order valence-corrected chi connectivity index (χ4v) is 4.20. The molecule has 1 amide bonds. The van der Waals surface area contributed by atoms with Gasteiger partial charge in [-0.3, -0.25) is 4.79 Å². The van der Waals surface area contributed by atoms with Crippen molar-refractivity contribution in [1.82, 2.24) is 4.98 Å². The fourth-order valence-electron chi connectivity index (χ4n) is 2.38. The Balaban J connectivity index is 1.75. The van der Waals surface area contributed by atoms with Gasteiger partial charge in [-0.25, -0.2) is 13.4 Å². The van der Waals surface area contributed by atoms with Gasteiger partial charge in [-0.2, -0.15) is 0 Å². The standard InChI is InChI=1S/C19H14Cl2N2O3S/c20-16-5-2-1-4-13(16)12-27(25,26)15-10-8-14(9-11-15)22-19(24)17-6-3-7-18(21)23-17/h1-11H,12H2,(H,22,24).